The molecule has 1 aromatic rings. The van der Waals surface area contributed by atoms with Crippen LogP contribution >= 0.6 is 22.9 Å². The summed E-state index contributed by atoms with van der Waals surface area (Å²) in [6, 6.07) is 4.33. The van der Waals surface area contributed by atoms with Crippen LogP contribution in [-0.4, -0.2) is 19.8 Å². The number of nitrogens with one attached hydrogen (secondary N) is 1. The molecule has 1 saturated carbocycles. The summed E-state index contributed by atoms with van der Waals surface area (Å²) in [7, 11) is 3.86. The third kappa shape index (κ3) is 2.74. The fourth-order valence-corrected chi connectivity index (χ4v) is 4.54. The van der Waals surface area contributed by atoms with Crippen LogP contribution in [-0.2, 0) is 4.74 Å². The maximum Gasteiger partial charge on any atom is 0.0931 e. The Morgan fingerprint density at radius 1 is 1.56 bits per heavy atom. The molecule has 3 atom stereocenters. The van der Waals surface area contributed by atoms with Crippen molar-refractivity contribution in [2.75, 3.05) is 14.2 Å². The first-order valence-corrected chi connectivity index (χ1v) is 7.78. The largest absolute Gasteiger partial charge is 0.376 e. The number of hydrogen-bond donors (Lipinski definition) is 1. The van der Waals surface area contributed by atoms with Gasteiger partial charge in [-0.15, -0.1) is 11.3 Å². The molecule has 1 N–H and O–H groups in total. The second-order valence-electron chi connectivity index (χ2n) is 5.33. The monoisotopic (exact) mass is 287 g/mol. The molecule has 0 bridgehead atoms. The van der Waals surface area contributed by atoms with Gasteiger partial charge in [0.25, 0.3) is 0 Å². The molecule has 0 saturated heterocycles. The molecule has 18 heavy (non-hydrogen) atoms. The van der Waals surface area contributed by atoms with Crippen molar-refractivity contribution in [3.05, 3.63) is 21.3 Å². The summed E-state index contributed by atoms with van der Waals surface area (Å²) in [5.74, 6) is 0.727. The third-order valence-corrected chi connectivity index (χ3v) is 5.39. The normalized spacial score (nSPS) is 30.3. The molecule has 0 aliphatic heterocycles. The lowest BCUT2D eigenvalue weighted by Gasteiger charge is -2.44. The summed E-state index contributed by atoms with van der Waals surface area (Å²) in [5, 5.41) is 3.44. The third-order valence-electron chi connectivity index (χ3n) is 4.09. The van der Waals surface area contributed by atoms with Crippen molar-refractivity contribution in [2.24, 2.45) is 5.92 Å². The molecule has 102 valence electrons. The first-order valence-electron chi connectivity index (χ1n) is 6.59. The Labute approximate surface area is 119 Å². The molecule has 3 unspecified atom stereocenters. The Kier molecular flexibility index (Phi) is 4.70. The van der Waals surface area contributed by atoms with Crippen molar-refractivity contribution in [1.82, 2.24) is 5.32 Å². The number of rotatable bonds is 4. The summed E-state index contributed by atoms with van der Waals surface area (Å²) in [6.07, 6.45) is 4.79. The highest BCUT2D eigenvalue weighted by molar-refractivity contribution is 7.16. The van der Waals surface area contributed by atoms with Crippen LogP contribution in [0.4, 0.5) is 0 Å². The molecular formula is C14H22ClNOS. The quantitative estimate of drug-likeness (QED) is 0.893. The highest BCUT2D eigenvalue weighted by atomic mass is 35.5. The molecule has 1 aliphatic rings. The van der Waals surface area contributed by atoms with Gasteiger partial charge in [-0.25, -0.2) is 0 Å². The van der Waals surface area contributed by atoms with Gasteiger partial charge in [0.05, 0.1) is 16.0 Å². The highest BCUT2D eigenvalue weighted by Crippen LogP contribution is 2.45. The molecule has 0 amide bonds. The molecule has 4 heteroatoms. The fraction of sp³-hybridized carbons (Fsp3) is 0.714. The molecule has 0 aromatic carbocycles. The van der Waals surface area contributed by atoms with E-state index in [1.54, 1.807) is 11.3 Å². The Balaban J connectivity index is 2.28. The lowest BCUT2D eigenvalue weighted by molar-refractivity contribution is -0.0782. The average molecular weight is 288 g/mol. The van der Waals surface area contributed by atoms with E-state index in [4.69, 9.17) is 16.3 Å². The van der Waals surface area contributed by atoms with Crippen molar-refractivity contribution >= 4 is 22.9 Å². The van der Waals surface area contributed by atoms with Crippen LogP contribution < -0.4 is 5.32 Å². The van der Waals surface area contributed by atoms with Gasteiger partial charge in [0.1, 0.15) is 0 Å². The van der Waals surface area contributed by atoms with E-state index in [1.807, 2.05) is 20.2 Å². The first kappa shape index (κ1) is 14.3. The van der Waals surface area contributed by atoms with E-state index in [-0.39, 0.29) is 11.6 Å². The van der Waals surface area contributed by atoms with Gasteiger partial charge in [-0.2, -0.15) is 0 Å². The van der Waals surface area contributed by atoms with Gasteiger partial charge in [-0.1, -0.05) is 31.4 Å². The van der Waals surface area contributed by atoms with Gasteiger partial charge >= 0.3 is 0 Å². The molecule has 1 fully saturated rings. The highest BCUT2D eigenvalue weighted by Gasteiger charge is 2.42. The summed E-state index contributed by atoms with van der Waals surface area (Å²) in [5.41, 5.74) is -0.0827. The van der Waals surface area contributed by atoms with Crippen molar-refractivity contribution < 1.29 is 4.74 Å². The molecule has 1 heterocycles. The van der Waals surface area contributed by atoms with Gasteiger partial charge in [0.2, 0.25) is 0 Å². The summed E-state index contributed by atoms with van der Waals surface area (Å²) >= 11 is 7.72. The van der Waals surface area contributed by atoms with Crippen LogP contribution in [0.2, 0.25) is 4.34 Å². The van der Waals surface area contributed by atoms with E-state index >= 15 is 0 Å². The number of likely N-dealkylation sites (N-methyl/N-ethyl adjacent to an activating group) is 1. The van der Waals surface area contributed by atoms with Gasteiger partial charge in [0.15, 0.2) is 0 Å². The maximum atomic E-state index is 6.07. The fourth-order valence-electron chi connectivity index (χ4n) is 3.26. The number of hydrogen-bond acceptors (Lipinski definition) is 3. The van der Waals surface area contributed by atoms with Crippen LogP contribution in [0.15, 0.2) is 12.1 Å². The minimum Gasteiger partial charge on any atom is -0.376 e. The first-order chi connectivity index (χ1) is 8.61. The number of halogens is 1. The lowest BCUT2D eigenvalue weighted by Crippen LogP contribution is -2.47. The molecule has 2 rings (SSSR count). The van der Waals surface area contributed by atoms with Gasteiger partial charge in [0, 0.05) is 12.0 Å². The zero-order valence-corrected chi connectivity index (χ0v) is 12.9. The van der Waals surface area contributed by atoms with Gasteiger partial charge in [-0.05, 0) is 37.9 Å². The van der Waals surface area contributed by atoms with Crippen molar-refractivity contribution in [2.45, 2.75) is 44.2 Å². The second-order valence-corrected chi connectivity index (χ2v) is 7.08. The van der Waals surface area contributed by atoms with E-state index in [0.717, 1.165) is 23.1 Å². The Hall–Kier alpha value is -0.0900. The zero-order chi connectivity index (χ0) is 13.2. The van der Waals surface area contributed by atoms with E-state index in [1.165, 1.54) is 17.7 Å². The van der Waals surface area contributed by atoms with E-state index in [2.05, 4.69) is 18.3 Å². The Bertz CT molecular complexity index is 395. The van der Waals surface area contributed by atoms with E-state index in [9.17, 15) is 0 Å². The molecular weight excluding hydrogens is 266 g/mol. The minimum atomic E-state index is -0.0827. The predicted molar refractivity (Wildman–Crippen MR) is 78.5 cm³/mol. The number of ether oxygens (including phenoxy) is 1. The standard InChI is InChI=1S/C14H22ClNOS/c1-10-5-4-8-14(9-10,17-3)13(16-2)11-6-7-12(15)18-11/h6-7,10,13,16H,4-5,8-9H2,1-3H3. The molecule has 1 aromatic heterocycles. The SMILES string of the molecule is CNC(c1ccc(Cl)s1)C1(OC)CCCC(C)C1. The Morgan fingerprint density at radius 3 is 2.83 bits per heavy atom. The minimum absolute atomic E-state index is 0.0827. The maximum absolute atomic E-state index is 6.07. The van der Waals surface area contributed by atoms with Crippen LogP contribution in [0, 0.1) is 5.92 Å². The zero-order valence-electron chi connectivity index (χ0n) is 11.3. The summed E-state index contributed by atoms with van der Waals surface area (Å²) in [4.78, 5) is 1.28. The van der Waals surface area contributed by atoms with Crippen molar-refractivity contribution in [3.63, 3.8) is 0 Å². The van der Waals surface area contributed by atoms with Gasteiger partial charge in [-0.3, -0.25) is 0 Å². The van der Waals surface area contributed by atoms with Crippen molar-refractivity contribution in [3.8, 4) is 0 Å². The Morgan fingerprint density at radius 2 is 2.33 bits per heavy atom. The molecule has 2 nitrogen and oxygen atoms in total. The summed E-state index contributed by atoms with van der Waals surface area (Å²) in [6.45, 7) is 2.32. The van der Waals surface area contributed by atoms with Crippen LogP contribution in [0.1, 0.15) is 43.5 Å². The average Bonchev–Trinajstić information content (AvgIpc) is 2.76. The molecule has 1 aliphatic carbocycles. The lowest BCUT2D eigenvalue weighted by atomic mass is 9.74. The van der Waals surface area contributed by atoms with Crippen LogP contribution in [0.25, 0.3) is 0 Å². The number of methoxy groups -OCH3 is 1. The molecule has 0 spiro atoms. The molecule has 0 radical (unpaired) electrons. The second kappa shape index (κ2) is 5.91. The predicted octanol–water partition coefficient (Wildman–Crippen LogP) is 4.26. The number of thiophene rings is 1. The summed E-state index contributed by atoms with van der Waals surface area (Å²) < 4.78 is 6.81. The smallest absolute Gasteiger partial charge is 0.0931 e. The van der Waals surface area contributed by atoms with Crippen molar-refractivity contribution in [1.29, 1.82) is 0 Å². The van der Waals surface area contributed by atoms with Gasteiger partial charge < -0.3 is 10.1 Å². The topological polar surface area (TPSA) is 21.3 Å². The van der Waals surface area contributed by atoms with Crippen LogP contribution in [0.3, 0.4) is 0 Å². The van der Waals surface area contributed by atoms with E-state index in [0.29, 0.717) is 0 Å². The van der Waals surface area contributed by atoms with E-state index < -0.39 is 0 Å². The van der Waals surface area contributed by atoms with Crippen LogP contribution in [0.5, 0.6) is 0 Å².